The zero-order chi connectivity index (χ0) is 12.6. The third kappa shape index (κ3) is 19.6. The SMILES string of the molecule is COCCOCC[O][Al][O]CCOCCOC.[Na]. The van der Waals surface area contributed by atoms with E-state index in [1.54, 1.807) is 14.2 Å². The second-order valence-corrected chi connectivity index (χ2v) is 3.91. The molecule has 0 rings (SSSR count). The van der Waals surface area contributed by atoms with Gasteiger partial charge in [0.2, 0.25) is 0 Å². The Balaban J connectivity index is 0. The molecule has 0 amide bonds. The first kappa shape index (κ1) is 21.6. The van der Waals surface area contributed by atoms with Crippen molar-refractivity contribution in [3.05, 3.63) is 0 Å². The minimum Gasteiger partial charge on any atom is -0.482 e. The standard InChI is InChI=1S/2C5H11O3.Al.Na/c2*1-7-4-5-8-3-2-6;;/h2*2-5H2,1H3;;/q2*-1;+2;. The summed E-state index contributed by atoms with van der Waals surface area (Å²) in [6.07, 6.45) is 0. The average Bonchev–Trinajstić information content (AvgIpc) is 2.35. The van der Waals surface area contributed by atoms with Gasteiger partial charge in [-0.3, -0.25) is 0 Å². The minimum absolute atomic E-state index is 0. The van der Waals surface area contributed by atoms with Gasteiger partial charge in [0, 0.05) is 57.0 Å². The van der Waals surface area contributed by atoms with Crippen LogP contribution in [0.15, 0.2) is 0 Å². The first-order valence-corrected chi connectivity index (χ1v) is 6.54. The summed E-state index contributed by atoms with van der Waals surface area (Å²) in [5.74, 6) is 0. The van der Waals surface area contributed by atoms with E-state index >= 15 is 0 Å². The second kappa shape index (κ2) is 20.6. The molecule has 0 aliphatic heterocycles. The molecule has 8 heteroatoms. The molecule has 18 heavy (non-hydrogen) atoms. The molecule has 0 heterocycles. The summed E-state index contributed by atoms with van der Waals surface area (Å²) in [5.41, 5.74) is 0. The maximum absolute atomic E-state index is 5.26. The van der Waals surface area contributed by atoms with Crippen LogP contribution >= 0.6 is 0 Å². The summed E-state index contributed by atoms with van der Waals surface area (Å²) in [5, 5.41) is 0. The monoisotopic (exact) mass is 288 g/mol. The maximum Gasteiger partial charge on any atom is 0.668 e. The molecule has 0 aliphatic carbocycles. The van der Waals surface area contributed by atoms with Crippen LogP contribution in [0.2, 0.25) is 0 Å². The van der Waals surface area contributed by atoms with Gasteiger partial charge in [-0.25, -0.2) is 0 Å². The van der Waals surface area contributed by atoms with E-state index in [4.69, 9.17) is 26.5 Å². The molecule has 6 nitrogen and oxygen atoms in total. The summed E-state index contributed by atoms with van der Waals surface area (Å²) in [6.45, 7) is 4.69. The summed E-state index contributed by atoms with van der Waals surface area (Å²) in [7, 11) is 3.29. The van der Waals surface area contributed by atoms with Crippen molar-refractivity contribution in [1.82, 2.24) is 0 Å². The normalized spacial score (nSPS) is 10.1. The molecule has 0 saturated carbocycles. The zero-order valence-corrected chi connectivity index (χ0v) is 14.8. The number of ether oxygens (including phenoxy) is 4. The summed E-state index contributed by atoms with van der Waals surface area (Å²) >= 11 is -0.428. The Morgan fingerprint density at radius 3 is 1.39 bits per heavy atom. The minimum atomic E-state index is -0.428. The molecule has 0 saturated heterocycles. The van der Waals surface area contributed by atoms with E-state index in [9.17, 15) is 0 Å². The fourth-order valence-corrected chi connectivity index (χ4v) is 1.33. The fraction of sp³-hybridized carbons (Fsp3) is 1.00. The fourth-order valence-electron chi connectivity index (χ4n) is 0.847. The number of hydrogen-bond acceptors (Lipinski definition) is 6. The van der Waals surface area contributed by atoms with Gasteiger partial charge in [0.1, 0.15) is 0 Å². The van der Waals surface area contributed by atoms with Crippen LogP contribution in [0.4, 0.5) is 0 Å². The molecule has 0 aromatic rings. The molecule has 0 atom stereocenters. The molecule has 0 aromatic carbocycles. The van der Waals surface area contributed by atoms with E-state index < -0.39 is 15.9 Å². The Morgan fingerprint density at radius 1 is 0.611 bits per heavy atom. The van der Waals surface area contributed by atoms with Crippen LogP contribution in [-0.2, 0) is 26.5 Å². The van der Waals surface area contributed by atoms with Crippen molar-refractivity contribution in [3.8, 4) is 0 Å². The molecule has 0 unspecified atom stereocenters. The van der Waals surface area contributed by atoms with Crippen LogP contribution in [-0.4, -0.2) is 113 Å². The number of methoxy groups -OCH3 is 2. The first-order chi connectivity index (χ1) is 8.41. The van der Waals surface area contributed by atoms with E-state index in [1.165, 1.54) is 0 Å². The molecular weight excluding hydrogens is 266 g/mol. The number of hydrogen-bond donors (Lipinski definition) is 0. The van der Waals surface area contributed by atoms with Crippen molar-refractivity contribution < 1.29 is 26.5 Å². The predicted molar refractivity (Wildman–Crippen MR) is 68.8 cm³/mol. The van der Waals surface area contributed by atoms with Crippen molar-refractivity contribution in [2.45, 2.75) is 0 Å². The van der Waals surface area contributed by atoms with Gasteiger partial charge in [-0.05, 0) is 0 Å². The topological polar surface area (TPSA) is 55.4 Å². The number of rotatable bonds is 14. The van der Waals surface area contributed by atoms with Crippen molar-refractivity contribution in [2.24, 2.45) is 0 Å². The Morgan fingerprint density at radius 2 is 1.00 bits per heavy atom. The molecule has 0 spiro atoms. The van der Waals surface area contributed by atoms with Gasteiger partial charge in [-0.15, -0.1) is 0 Å². The molecule has 102 valence electrons. The van der Waals surface area contributed by atoms with Gasteiger partial charge < -0.3 is 26.5 Å². The Kier molecular flexibility index (Phi) is 24.7. The van der Waals surface area contributed by atoms with E-state index in [-0.39, 0.29) is 29.6 Å². The van der Waals surface area contributed by atoms with Crippen LogP contribution < -0.4 is 0 Å². The van der Waals surface area contributed by atoms with E-state index in [2.05, 4.69) is 0 Å². The van der Waals surface area contributed by atoms with Gasteiger partial charge in [0.25, 0.3) is 0 Å². The van der Waals surface area contributed by atoms with Crippen LogP contribution in [0.3, 0.4) is 0 Å². The van der Waals surface area contributed by atoms with E-state index in [0.717, 1.165) is 0 Å². The molecule has 0 bridgehead atoms. The molecule has 0 aliphatic rings. The van der Waals surface area contributed by atoms with Gasteiger partial charge in [-0.2, -0.15) is 0 Å². The van der Waals surface area contributed by atoms with Gasteiger partial charge >= 0.3 is 15.9 Å². The predicted octanol–water partition coefficient (Wildman–Crippen LogP) is -0.501. The average molecular weight is 288 g/mol. The summed E-state index contributed by atoms with van der Waals surface area (Å²) < 4.78 is 30.6. The Bertz CT molecular complexity index is 130. The van der Waals surface area contributed by atoms with Crippen LogP contribution in [0, 0.1) is 0 Å². The molecular formula is C10H22AlNaO6. The van der Waals surface area contributed by atoms with Crippen molar-refractivity contribution >= 4 is 45.4 Å². The maximum atomic E-state index is 5.26. The first-order valence-electron chi connectivity index (χ1n) is 5.60. The van der Waals surface area contributed by atoms with Gasteiger partial charge in [-0.1, -0.05) is 0 Å². The van der Waals surface area contributed by atoms with Crippen LogP contribution in [0.25, 0.3) is 0 Å². The van der Waals surface area contributed by atoms with Crippen molar-refractivity contribution in [2.75, 3.05) is 67.1 Å². The second-order valence-electron chi connectivity index (χ2n) is 3.05. The van der Waals surface area contributed by atoms with E-state index in [0.29, 0.717) is 52.9 Å². The third-order valence-corrected chi connectivity index (χ3v) is 2.43. The van der Waals surface area contributed by atoms with Gasteiger partial charge in [0.05, 0.1) is 39.6 Å². The molecule has 0 N–H and O–H groups in total. The van der Waals surface area contributed by atoms with Crippen LogP contribution in [0.5, 0.6) is 0 Å². The summed E-state index contributed by atoms with van der Waals surface area (Å²) in [4.78, 5) is 0. The van der Waals surface area contributed by atoms with E-state index in [1.807, 2.05) is 0 Å². The summed E-state index contributed by atoms with van der Waals surface area (Å²) in [6, 6.07) is 0. The van der Waals surface area contributed by atoms with Crippen molar-refractivity contribution in [1.29, 1.82) is 0 Å². The Hall–Kier alpha value is 1.29. The third-order valence-electron chi connectivity index (χ3n) is 1.69. The molecule has 0 fully saturated rings. The largest absolute Gasteiger partial charge is 0.668 e. The quantitative estimate of drug-likeness (QED) is 0.317. The Labute approximate surface area is 138 Å². The smallest absolute Gasteiger partial charge is 0.482 e. The molecule has 2 radical (unpaired) electrons. The molecule has 0 aromatic heterocycles. The van der Waals surface area contributed by atoms with Crippen LogP contribution in [0.1, 0.15) is 0 Å². The van der Waals surface area contributed by atoms with Crippen molar-refractivity contribution in [3.63, 3.8) is 0 Å². The van der Waals surface area contributed by atoms with Gasteiger partial charge in [0.15, 0.2) is 0 Å². The zero-order valence-electron chi connectivity index (χ0n) is 11.7.